The molecule has 0 aromatic carbocycles. The van der Waals surface area contributed by atoms with E-state index < -0.39 is 6.17 Å². The molecule has 0 unspecified atom stereocenters. The average Bonchev–Trinajstić information content (AvgIpc) is 2.18. The molecule has 2 aliphatic heterocycles. The van der Waals surface area contributed by atoms with Gasteiger partial charge in [-0.3, -0.25) is 0 Å². The van der Waals surface area contributed by atoms with Crippen LogP contribution in [-0.4, -0.2) is 18.8 Å². The van der Waals surface area contributed by atoms with Crippen LogP contribution in [0.25, 0.3) is 0 Å². The maximum absolute atomic E-state index is 12.3. The van der Waals surface area contributed by atoms with Gasteiger partial charge in [-0.05, 0) is 6.42 Å². The van der Waals surface area contributed by atoms with Gasteiger partial charge >= 0.3 is 0 Å². The van der Waals surface area contributed by atoms with E-state index >= 15 is 0 Å². The Balaban J connectivity index is 2.14. The van der Waals surface area contributed by atoms with Gasteiger partial charge in [0.2, 0.25) is 0 Å². The van der Waals surface area contributed by atoms with Crippen molar-refractivity contribution in [1.29, 1.82) is 0 Å². The number of alkyl halides is 1. The summed E-state index contributed by atoms with van der Waals surface area (Å²) in [5.74, 6) is 0.380. The highest BCUT2D eigenvalue weighted by atomic mass is 19.1. The summed E-state index contributed by atoms with van der Waals surface area (Å²) < 4.78 is 12.3. The molecule has 3 rings (SSSR count). The molecule has 1 N–H and O–H groups in total. The Morgan fingerprint density at radius 2 is 2.43 bits per heavy atom. The highest BCUT2D eigenvalue weighted by molar-refractivity contribution is 5.02. The van der Waals surface area contributed by atoms with Gasteiger partial charge < -0.3 is 5.32 Å². The summed E-state index contributed by atoms with van der Waals surface area (Å²) in [7, 11) is 0. The van der Waals surface area contributed by atoms with E-state index in [2.05, 4.69) is 5.32 Å². The highest BCUT2D eigenvalue weighted by Crippen LogP contribution is 2.35. The van der Waals surface area contributed by atoms with Crippen LogP contribution in [0.15, 0.2) is 0 Å². The van der Waals surface area contributed by atoms with Gasteiger partial charge in [-0.15, -0.1) is 0 Å². The lowest BCUT2D eigenvalue weighted by Crippen LogP contribution is -2.38. The Kier molecular flexibility index (Phi) is 0.546. The fourth-order valence-corrected chi connectivity index (χ4v) is 1.41. The number of halogens is 1. The fraction of sp³-hybridized carbons (Fsp3) is 1.00. The molecule has 3 atom stereocenters. The first-order chi connectivity index (χ1) is 3.38. The summed E-state index contributed by atoms with van der Waals surface area (Å²) in [5, 5.41) is 3.07. The molecule has 0 spiro atoms. The van der Waals surface area contributed by atoms with Gasteiger partial charge in [0.25, 0.3) is 0 Å². The molecule has 0 amide bonds. The molecule has 1 aliphatic carbocycles. The summed E-state index contributed by atoms with van der Waals surface area (Å²) in [6.45, 7) is 0.922. The summed E-state index contributed by atoms with van der Waals surface area (Å²) in [5.41, 5.74) is 0. The van der Waals surface area contributed by atoms with Crippen molar-refractivity contribution in [3.63, 3.8) is 0 Å². The number of fused-ring (bicyclic) bond motifs is 1. The first-order valence-electron chi connectivity index (χ1n) is 2.75. The van der Waals surface area contributed by atoms with Crippen molar-refractivity contribution in [3.05, 3.63) is 0 Å². The van der Waals surface area contributed by atoms with E-state index in [1.165, 1.54) is 0 Å². The summed E-state index contributed by atoms with van der Waals surface area (Å²) in [4.78, 5) is 0. The number of hydrogen-bond donors (Lipinski definition) is 1. The molecule has 3 fully saturated rings. The molecule has 40 valence electrons. The first kappa shape index (κ1) is 3.84. The monoisotopic (exact) mass is 101 g/mol. The van der Waals surface area contributed by atoms with Crippen LogP contribution >= 0.6 is 0 Å². The van der Waals surface area contributed by atoms with Crippen molar-refractivity contribution in [1.82, 2.24) is 5.32 Å². The Labute approximate surface area is 41.9 Å². The second-order valence-electron chi connectivity index (χ2n) is 2.45. The van der Waals surface area contributed by atoms with E-state index in [-0.39, 0.29) is 6.04 Å². The molecule has 0 radical (unpaired) electrons. The number of rotatable bonds is 0. The van der Waals surface area contributed by atoms with Crippen molar-refractivity contribution in [3.8, 4) is 0 Å². The second-order valence-corrected chi connectivity index (χ2v) is 2.45. The predicted molar refractivity (Wildman–Crippen MR) is 24.8 cm³/mol. The Bertz CT molecular complexity index is 80.1. The van der Waals surface area contributed by atoms with Crippen LogP contribution in [-0.2, 0) is 0 Å². The lowest BCUT2D eigenvalue weighted by atomic mass is 9.84. The third-order valence-electron chi connectivity index (χ3n) is 2.03. The molecular weight excluding hydrogens is 93.1 g/mol. The van der Waals surface area contributed by atoms with Crippen LogP contribution in [0.3, 0.4) is 0 Å². The van der Waals surface area contributed by atoms with E-state index in [1.54, 1.807) is 0 Å². The van der Waals surface area contributed by atoms with Crippen LogP contribution in [0.1, 0.15) is 6.42 Å². The normalized spacial score (nSPS) is 57.0. The zero-order chi connectivity index (χ0) is 4.85. The smallest absolute Gasteiger partial charge is 0.119 e. The summed E-state index contributed by atoms with van der Waals surface area (Å²) in [6.07, 6.45) is 0.584. The SMILES string of the molecule is F[C@@H]1[C@@H]2CN[C@H]1C2. The molecule has 2 bridgehead atoms. The molecule has 1 nitrogen and oxygen atoms in total. The third kappa shape index (κ3) is 0.312. The van der Waals surface area contributed by atoms with Gasteiger partial charge in [0.1, 0.15) is 6.17 Å². The van der Waals surface area contributed by atoms with Crippen LogP contribution in [0.4, 0.5) is 4.39 Å². The number of hydrogen-bond acceptors (Lipinski definition) is 1. The van der Waals surface area contributed by atoms with Crippen molar-refractivity contribution in [2.45, 2.75) is 18.6 Å². The zero-order valence-corrected chi connectivity index (χ0v) is 4.02. The van der Waals surface area contributed by atoms with Crippen molar-refractivity contribution >= 4 is 0 Å². The lowest BCUT2D eigenvalue weighted by molar-refractivity contribution is 0.141. The van der Waals surface area contributed by atoms with Crippen LogP contribution in [0, 0.1) is 5.92 Å². The van der Waals surface area contributed by atoms with Crippen LogP contribution in [0.5, 0.6) is 0 Å². The molecule has 3 aliphatic rings. The minimum Gasteiger partial charge on any atom is -0.311 e. The topological polar surface area (TPSA) is 12.0 Å². The zero-order valence-electron chi connectivity index (χ0n) is 4.02. The molecule has 7 heavy (non-hydrogen) atoms. The predicted octanol–water partition coefficient (Wildman–Crippen LogP) is 0.316. The van der Waals surface area contributed by atoms with Gasteiger partial charge in [0.15, 0.2) is 0 Å². The molecule has 0 aromatic rings. The Morgan fingerprint density at radius 1 is 1.57 bits per heavy atom. The standard InChI is InChI=1S/C5H8FN/c6-5-3-1-4(5)7-2-3/h3-5,7H,1-2H2/t3-,4-,5+/m0/s1. The van der Waals surface area contributed by atoms with Gasteiger partial charge in [0.05, 0.1) is 0 Å². The number of nitrogens with one attached hydrogen (secondary N) is 1. The van der Waals surface area contributed by atoms with E-state index in [9.17, 15) is 4.39 Å². The van der Waals surface area contributed by atoms with E-state index in [4.69, 9.17) is 0 Å². The third-order valence-corrected chi connectivity index (χ3v) is 2.03. The van der Waals surface area contributed by atoms with Crippen LogP contribution in [0.2, 0.25) is 0 Å². The molecular formula is C5H8FN. The summed E-state index contributed by atoms with van der Waals surface area (Å²) >= 11 is 0. The first-order valence-corrected chi connectivity index (χ1v) is 2.75. The van der Waals surface area contributed by atoms with E-state index in [0.29, 0.717) is 5.92 Å². The van der Waals surface area contributed by atoms with E-state index in [0.717, 1.165) is 13.0 Å². The lowest BCUT2D eigenvalue weighted by Gasteiger charge is -2.26. The van der Waals surface area contributed by atoms with E-state index in [1.807, 2.05) is 0 Å². The van der Waals surface area contributed by atoms with Gasteiger partial charge in [0, 0.05) is 18.5 Å². The second kappa shape index (κ2) is 0.996. The molecule has 1 saturated carbocycles. The Hall–Kier alpha value is -0.110. The molecule has 2 saturated heterocycles. The van der Waals surface area contributed by atoms with Crippen molar-refractivity contribution in [2.75, 3.05) is 6.54 Å². The maximum Gasteiger partial charge on any atom is 0.119 e. The largest absolute Gasteiger partial charge is 0.311 e. The quantitative estimate of drug-likeness (QED) is 0.463. The van der Waals surface area contributed by atoms with Crippen molar-refractivity contribution < 1.29 is 4.39 Å². The molecule has 2 heterocycles. The van der Waals surface area contributed by atoms with Gasteiger partial charge in [-0.2, -0.15) is 0 Å². The van der Waals surface area contributed by atoms with Crippen molar-refractivity contribution in [2.24, 2.45) is 5.92 Å². The maximum atomic E-state index is 12.3. The van der Waals surface area contributed by atoms with Gasteiger partial charge in [-0.1, -0.05) is 0 Å². The van der Waals surface area contributed by atoms with Gasteiger partial charge in [-0.25, -0.2) is 4.39 Å². The fourth-order valence-electron chi connectivity index (χ4n) is 1.41. The summed E-state index contributed by atoms with van der Waals surface area (Å²) in [6, 6.07) is 0.241. The minimum atomic E-state index is -0.500. The molecule has 0 aromatic heterocycles. The van der Waals surface area contributed by atoms with Crippen LogP contribution < -0.4 is 5.32 Å². The Morgan fingerprint density at radius 3 is 2.57 bits per heavy atom. The minimum absolute atomic E-state index is 0.241. The molecule has 2 heteroatoms. The average molecular weight is 101 g/mol. The highest BCUT2D eigenvalue weighted by Gasteiger charge is 2.46.